The van der Waals surface area contributed by atoms with Gasteiger partial charge in [0.1, 0.15) is 11.0 Å². The van der Waals surface area contributed by atoms with E-state index in [1.807, 2.05) is 6.07 Å². The first kappa shape index (κ1) is 14.4. The maximum absolute atomic E-state index is 12.9. The third-order valence-electron chi connectivity index (χ3n) is 4.35. The average Bonchev–Trinajstić information content (AvgIpc) is 3.07. The number of H-pyrrole nitrogens is 1. The van der Waals surface area contributed by atoms with Gasteiger partial charge in [0.15, 0.2) is 0 Å². The van der Waals surface area contributed by atoms with Crippen molar-refractivity contribution in [1.29, 1.82) is 0 Å². The van der Waals surface area contributed by atoms with Crippen molar-refractivity contribution in [3.63, 3.8) is 0 Å². The van der Waals surface area contributed by atoms with Gasteiger partial charge in [0.25, 0.3) is 5.91 Å². The Labute approximate surface area is 136 Å². The molecule has 1 aliphatic rings. The number of rotatable bonds is 2. The number of hydrogen-bond donors (Lipinski definition) is 2. The minimum atomic E-state index is -0.862. The molecule has 0 spiro atoms. The van der Waals surface area contributed by atoms with Gasteiger partial charge in [0, 0.05) is 17.8 Å². The van der Waals surface area contributed by atoms with Crippen LogP contribution in [0.5, 0.6) is 0 Å². The van der Waals surface area contributed by atoms with E-state index >= 15 is 0 Å². The van der Waals surface area contributed by atoms with E-state index < -0.39 is 11.9 Å². The molecule has 0 saturated carbocycles. The van der Waals surface area contributed by atoms with E-state index in [9.17, 15) is 14.7 Å². The molecular formula is C17H14N4O3. The van der Waals surface area contributed by atoms with E-state index in [1.165, 1.54) is 0 Å². The lowest BCUT2D eigenvalue weighted by atomic mass is 9.89. The van der Waals surface area contributed by atoms with E-state index in [-0.39, 0.29) is 5.91 Å². The molecule has 0 bridgehead atoms. The normalized spacial score (nSPS) is 16.8. The van der Waals surface area contributed by atoms with Gasteiger partial charge < -0.3 is 10.0 Å². The number of anilines is 1. The van der Waals surface area contributed by atoms with E-state index in [4.69, 9.17) is 0 Å². The Hall–Kier alpha value is -3.22. The van der Waals surface area contributed by atoms with Crippen LogP contribution in [0.4, 0.5) is 5.69 Å². The minimum absolute atomic E-state index is 0.170. The second-order valence-electron chi connectivity index (χ2n) is 5.72. The lowest BCUT2D eigenvalue weighted by Gasteiger charge is -2.32. The van der Waals surface area contributed by atoms with Crippen LogP contribution in [0.25, 0.3) is 11.0 Å². The maximum Gasteiger partial charge on any atom is 0.311 e. The first-order valence-electron chi connectivity index (χ1n) is 7.59. The van der Waals surface area contributed by atoms with Gasteiger partial charge in [-0.15, -0.1) is 0 Å². The number of aromatic nitrogens is 3. The quantitative estimate of drug-likeness (QED) is 0.753. The van der Waals surface area contributed by atoms with Crippen LogP contribution < -0.4 is 4.90 Å². The van der Waals surface area contributed by atoms with Crippen molar-refractivity contribution in [2.24, 2.45) is 0 Å². The summed E-state index contributed by atoms with van der Waals surface area (Å²) in [4.78, 5) is 26.0. The number of benzene rings is 2. The Balaban J connectivity index is 1.74. The maximum atomic E-state index is 12.9. The van der Waals surface area contributed by atoms with Gasteiger partial charge in [-0.25, -0.2) is 0 Å². The van der Waals surface area contributed by atoms with Crippen LogP contribution in [0, 0.1) is 0 Å². The molecule has 3 aromatic rings. The highest BCUT2D eigenvalue weighted by Gasteiger charge is 2.32. The second kappa shape index (κ2) is 5.45. The van der Waals surface area contributed by atoms with Crippen molar-refractivity contribution in [2.45, 2.75) is 12.3 Å². The molecule has 2 aromatic carbocycles. The molecule has 0 radical (unpaired) electrons. The Morgan fingerprint density at radius 2 is 1.92 bits per heavy atom. The van der Waals surface area contributed by atoms with Crippen LogP contribution in [0.1, 0.15) is 28.3 Å². The number of fused-ring (bicyclic) bond motifs is 2. The average molecular weight is 322 g/mol. The number of hydrogen-bond acceptors (Lipinski definition) is 4. The number of nitrogens with zero attached hydrogens (tertiary/aromatic N) is 3. The smallest absolute Gasteiger partial charge is 0.311 e. The topological polar surface area (TPSA) is 99.2 Å². The second-order valence-corrected chi connectivity index (χ2v) is 5.72. The van der Waals surface area contributed by atoms with Gasteiger partial charge >= 0.3 is 5.97 Å². The summed E-state index contributed by atoms with van der Waals surface area (Å²) in [5, 5.41) is 19.9. The SMILES string of the molecule is O=C(O)C1CCN(C(=O)c2ccc3n[nH]nc3c2)c2ccccc21. The minimum Gasteiger partial charge on any atom is -0.481 e. The largest absolute Gasteiger partial charge is 0.481 e. The standard InChI is InChI=1S/C17H14N4O3/c22-16(10-5-6-13-14(9-10)19-20-18-13)21-8-7-12(17(23)24)11-3-1-2-4-15(11)21/h1-6,9,12H,7-8H2,(H,23,24)(H,18,19,20). The number of nitrogens with one attached hydrogen (secondary N) is 1. The van der Waals surface area contributed by atoms with Crippen molar-refractivity contribution >= 4 is 28.6 Å². The number of aliphatic carboxylic acids is 1. The van der Waals surface area contributed by atoms with E-state index in [2.05, 4.69) is 15.4 Å². The molecular weight excluding hydrogens is 308 g/mol. The van der Waals surface area contributed by atoms with Crippen molar-refractivity contribution < 1.29 is 14.7 Å². The van der Waals surface area contributed by atoms with Gasteiger partial charge in [-0.05, 0) is 36.2 Å². The van der Waals surface area contributed by atoms with Crippen LogP contribution >= 0.6 is 0 Å². The molecule has 24 heavy (non-hydrogen) atoms. The Kier molecular flexibility index (Phi) is 3.26. The Morgan fingerprint density at radius 3 is 2.75 bits per heavy atom. The highest BCUT2D eigenvalue weighted by atomic mass is 16.4. The summed E-state index contributed by atoms with van der Waals surface area (Å²) in [6, 6.07) is 12.3. The fraction of sp³-hybridized carbons (Fsp3) is 0.176. The molecule has 1 aliphatic heterocycles. The molecule has 1 amide bonds. The van der Waals surface area contributed by atoms with Gasteiger partial charge in [-0.2, -0.15) is 15.4 Å². The van der Waals surface area contributed by atoms with Gasteiger partial charge in [-0.1, -0.05) is 18.2 Å². The predicted octanol–water partition coefficient (Wildman–Crippen LogP) is 2.18. The fourth-order valence-corrected chi connectivity index (χ4v) is 3.16. The number of carboxylic acids is 1. The summed E-state index contributed by atoms with van der Waals surface area (Å²) in [6.45, 7) is 0.365. The third kappa shape index (κ3) is 2.21. The summed E-state index contributed by atoms with van der Waals surface area (Å²) in [5.41, 5.74) is 3.14. The van der Waals surface area contributed by atoms with Crippen LogP contribution in [0.2, 0.25) is 0 Å². The van der Waals surface area contributed by atoms with Crippen LogP contribution in [0.15, 0.2) is 42.5 Å². The highest BCUT2D eigenvalue weighted by Crippen LogP contribution is 2.36. The molecule has 0 saturated heterocycles. The third-order valence-corrected chi connectivity index (χ3v) is 4.35. The lowest BCUT2D eigenvalue weighted by Crippen LogP contribution is -2.38. The first-order valence-corrected chi connectivity index (χ1v) is 7.59. The molecule has 1 unspecified atom stereocenters. The molecule has 1 atom stereocenters. The van der Waals surface area contributed by atoms with Gasteiger partial charge in [0.05, 0.1) is 5.92 Å². The molecule has 0 aliphatic carbocycles. The molecule has 7 heteroatoms. The number of amides is 1. The molecule has 2 N–H and O–H groups in total. The van der Waals surface area contributed by atoms with Crippen LogP contribution in [-0.4, -0.2) is 38.9 Å². The predicted molar refractivity (Wildman–Crippen MR) is 87.0 cm³/mol. The first-order chi connectivity index (χ1) is 11.6. The van der Waals surface area contributed by atoms with Gasteiger partial charge in [0.2, 0.25) is 0 Å². The summed E-state index contributed by atoms with van der Waals surface area (Å²) >= 11 is 0. The summed E-state index contributed by atoms with van der Waals surface area (Å²) in [7, 11) is 0. The van der Waals surface area contributed by atoms with Crippen molar-refractivity contribution in [2.75, 3.05) is 11.4 Å². The molecule has 120 valence electrons. The van der Waals surface area contributed by atoms with Crippen LogP contribution in [-0.2, 0) is 4.79 Å². The zero-order valence-corrected chi connectivity index (χ0v) is 12.6. The molecule has 4 rings (SSSR count). The Bertz CT molecular complexity index is 950. The number of carbonyl (C=O) groups excluding carboxylic acids is 1. The van der Waals surface area contributed by atoms with Crippen molar-refractivity contribution in [3.05, 3.63) is 53.6 Å². The van der Waals surface area contributed by atoms with Crippen molar-refractivity contribution in [3.8, 4) is 0 Å². The highest BCUT2D eigenvalue weighted by molar-refractivity contribution is 6.08. The van der Waals surface area contributed by atoms with E-state index in [0.29, 0.717) is 40.8 Å². The Morgan fingerprint density at radius 1 is 1.12 bits per heavy atom. The lowest BCUT2D eigenvalue weighted by molar-refractivity contribution is -0.139. The van der Waals surface area contributed by atoms with E-state index in [0.717, 1.165) is 0 Å². The zero-order chi connectivity index (χ0) is 16.7. The molecule has 0 fully saturated rings. The monoisotopic (exact) mass is 322 g/mol. The zero-order valence-electron chi connectivity index (χ0n) is 12.6. The molecule has 2 heterocycles. The number of aromatic amines is 1. The summed E-state index contributed by atoms with van der Waals surface area (Å²) in [6.07, 6.45) is 0.393. The number of para-hydroxylation sites is 1. The van der Waals surface area contributed by atoms with Crippen molar-refractivity contribution in [1.82, 2.24) is 15.4 Å². The van der Waals surface area contributed by atoms with E-state index in [1.54, 1.807) is 41.3 Å². The summed E-state index contributed by atoms with van der Waals surface area (Å²) in [5.74, 6) is -1.61. The number of carbonyl (C=O) groups is 2. The van der Waals surface area contributed by atoms with Gasteiger partial charge in [-0.3, -0.25) is 9.59 Å². The number of carboxylic acid groups (broad SMARTS) is 1. The summed E-state index contributed by atoms with van der Waals surface area (Å²) < 4.78 is 0. The molecule has 7 nitrogen and oxygen atoms in total. The fourth-order valence-electron chi connectivity index (χ4n) is 3.16. The molecule has 1 aromatic heterocycles. The van der Waals surface area contributed by atoms with Crippen LogP contribution in [0.3, 0.4) is 0 Å².